The molecule has 46 heavy (non-hydrogen) atoms. The highest BCUT2D eigenvalue weighted by atomic mass is 14.1. The van der Waals surface area contributed by atoms with Gasteiger partial charge in [0.15, 0.2) is 0 Å². The molecule has 0 heteroatoms. The van der Waals surface area contributed by atoms with E-state index >= 15 is 0 Å². The fraction of sp³-hybridized carbons (Fsp3) is 0.261. The van der Waals surface area contributed by atoms with Gasteiger partial charge in [0.25, 0.3) is 0 Å². The van der Waals surface area contributed by atoms with E-state index in [4.69, 9.17) is 0 Å². The van der Waals surface area contributed by atoms with Crippen LogP contribution in [0.5, 0.6) is 0 Å². The van der Waals surface area contributed by atoms with E-state index < -0.39 is 0 Å². The van der Waals surface area contributed by atoms with Crippen molar-refractivity contribution in [2.24, 2.45) is 0 Å². The molecular weight excluding hydrogens is 553 g/mol. The highest BCUT2D eigenvalue weighted by molar-refractivity contribution is 6.22. The molecule has 0 unspecified atom stereocenters. The Balaban J connectivity index is 1.15. The normalized spacial score (nSPS) is 11.7. The van der Waals surface area contributed by atoms with Gasteiger partial charge >= 0.3 is 0 Å². The molecule has 0 N–H and O–H groups in total. The van der Waals surface area contributed by atoms with Crippen LogP contribution < -0.4 is 0 Å². The lowest BCUT2D eigenvalue weighted by atomic mass is 9.92. The molecule has 0 aliphatic carbocycles. The summed E-state index contributed by atoms with van der Waals surface area (Å²) in [5.41, 5.74) is 8.06. The second-order valence-electron chi connectivity index (χ2n) is 13.3. The van der Waals surface area contributed by atoms with Gasteiger partial charge in [0, 0.05) is 0 Å². The van der Waals surface area contributed by atoms with Gasteiger partial charge in [0.05, 0.1) is 0 Å². The van der Waals surface area contributed by atoms with Crippen molar-refractivity contribution in [3.63, 3.8) is 0 Å². The number of fused-ring (bicyclic) bond motifs is 7. The topological polar surface area (TPSA) is 0 Å². The Morgan fingerprint density at radius 3 is 1.07 bits per heavy atom. The van der Waals surface area contributed by atoms with Crippen molar-refractivity contribution in [3.8, 4) is 22.3 Å². The zero-order chi connectivity index (χ0) is 31.3. The first-order valence-electron chi connectivity index (χ1n) is 17.7. The second-order valence-corrected chi connectivity index (χ2v) is 13.3. The molecule has 7 aromatic carbocycles. The maximum absolute atomic E-state index is 2.36. The van der Waals surface area contributed by atoms with Crippen LogP contribution in [0, 0.1) is 0 Å². The number of unbranched alkanes of at least 4 members (excludes halogenated alkanes) is 6. The van der Waals surface area contributed by atoms with Crippen LogP contribution in [-0.2, 0) is 12.8 Å². The van der Waals surface area contributed by atoms with Gasteiger partial charge in [-0.3, -0.25) is 0 Å². The van der Waals surface area contributed by atoms with E-state index in [1.54, 1.807) is 0 Å². The Hall–Kier alpha value is -4.42. The SMILES string of the molecule is CCCCCCc1ccc(-c2ccc3c(ccc4c3ccc3c5ccc(-c6ccc(CCCCCC)cc6)cc5ccc34)c2)cc1. The minimum Gasteiger partial charge on any atom is -0.0654 e. The summed E-state index contributed by atoms with van der Waals surface area (Å²) in [5, 5.41) is 10.5. The Labute approximate surface area is 275 Å². The molecule has 0 saturated heterocycles. The minimum absolute atomic E-state index is 1.18. The molecule has 230 valence electrons. The summed E-state index contributed by atoms with van der Waals surface area (Å²) in [6, 6.07) is 46.3. The maximum atomic E-state index is 2.36. The van der Waals surface area contributed by atoms with Gasteiger partial charge < -0.3 is 0 Å². The molecule has 0 aliphatic rings. The number of benzene rings is 7. The third kappa shape index (κ3) is 6.32. The highest BCUT2D eigenvalue weighted by Gasteiger charge is 2.10. The van der Waals surface area contributed by atoms with Gasteiger partial charge in [-0.1, -0.05) is 162 Å². The Morgan fingerprint density at radius 2 is 0.652 bits per heavy atom. The third-order valence-corrected chi connectivity index (χ3v) is 10.0. The van der Waals surface area contributed by atoms with E-state index in [1.165, 1.54) is 141 Å². The Kier molecular flexibility index (Phi) is 9.15. The van der Waals surface area contributed by atoms with E-state index in [2.05, 4.69) is 135 Å². The number of hydrogen-bond donors (Lipinski definition) is 0. The third-order valence-electron chi connectivity index (χ3n) is 10.0. The lowest BCUT2D eigenvalue weighted by molar-refractivity contribution is 0.667. The molecule has 0 spiro atoms. The molecule has 0 radical (unpaired) electrons. The zero-order valence-electron chi connectivity index (χ0n) is 27.6. The summed E-state index contributed by atoms with van der Waals surface area (Å²) < 4.78 is 0. The zero-order valence-corrected chi connectivity index (χ0v) is 27.6. The molecule has 0 bridgehead atoms. The quantitative estimate of drug-likeness (QED) is 0.0969. The molecule has 0 heterocycles. The molecule has 0 aromatic heterocycles. The van der Waals surface area contributed by atoms with Crippen molar-refractivity contribution >= 4 is 43.1 Å². The number of rotatable bonds is 12. The number of aryl methyl sites for hydroxylation is 2. The molecule has 7 aromatic rings. The number of hydrogen-bond acceptors (Lipinski definition) is 0. The average Bonchev–Trinajstić information content (AvgIpc) is 3.11. The predicted octanol–water partition coefficient (Wildman–Crippen LogP) is 13.9. The van der Waals surface area contributed by atoms with E-state index in [0.29, 0.717) is 0 Å². The van der Waals surface area contributed by atoms with Gasteiger partial charge in [-0.15, -0.1) is 0 Å². The molecule has 0 atom stereocenters. The van der Waals surface area contributed by atoms with Crippen molar-refractivity contribution in [2.75, 3.05) is 0 Å². The van der Waals surface area contributed by atoms with Crippen LogP contribution in [0.1, 0.15) is 76.3 Å². The van der Waals surface area contributed by atoms with Crippen LogP contribution in [-0.4, -0.2) is 0 Å². The van der Waals surface area contributed by atoms with Crippen molar-refractivity contribution in [1.29, 1.82) is 0 Å². The summed E-state index contributed by atoms with van der Waals surface area (Å²) >= 11 is 0. The first kappa shape index (κ1) is 30.2. The summed E-state index contributed by atoms with van der Waals surface area (Å²) in [5.74, 6) is 0. The van der Waals surface area contributed by atoms with E-state index in [-0.39, 0.29) is 0 Å². The average molecular weight is 599 g/mol. The standard InChI is InChI=1S/C46H46/c1-3-5-7-9-11-33-13-17-35(18-14-33)37-21-25-41-39(31-37)23-27-45-43(41)29-30-44-42-26-22-38(32-40(42)24-28-46(44)45)36-19-15-34(16-20-36)12-10-8-6-4-2/h13-32H,3-12H2,1-2H3. The molecule has 0 saturated carbocycles. The molecule has 0 nitrogen and oxygen atoms in total. The van der Waals surface area contributed by atoms with E-state index in [0.717, 1.165) is 0 Å². The first-order valence-corrected chi connectivity index (χ1v) is 17.7. The monoisotopic (exact) mass is 598 g/mol. The molecule has 0 amide bonds. The van der Waals surface area contributed by atoms with Crippen molar-refractivity contribution < 1.29 is 0 Å². The largest absolute Gasteiger partial charge is 0.0654 e. The molecule has 0 fully saturated rings. The van der Waals surface area contributed by atoms with Crippen molar-refractivity contribution in [1.82, 2.24) is 0 Å². The van der Waals surface area contributed by atoms with E-state index in [9.17, 15) is 0 Å². The molecule has 7 rings (SSSR count). The maximum Gasteiger partial charge on any atom is -0.00987 e. The van der Waals surface area contributed by atoms with Crippen LogP contribution in [0.15, 0.2) is 121 Å². The first-order chi connectivity index (χ1) is 22.7. The van der Waals surface area contributed by atoms with Gasteiger partial charge in [-0.2, -0.15) is 0 Å². The van der Waals surface area contributed by atoms with Gasteiger partial charge in [0.2, 0.25) is 0 Å². The van der Waals surface area contributed by atoms with Crippen LogP contribution in [0.25, 0.3) is 65.3 Å². The lowest BCUT2D eigenvalue weighted by Gasteiger charge is -2.12. The summed E-state index contributed by atoms with van der Waals surface area (Å²) in [7, 11) is 0. The Morgan fingerprint density at radius 1 is 0.304 bits per heavy atom. The molecular formula is C46H46. The smallest absolute Gasteiger partial charge is 0.00987 e. The highest BCUT2D eigenvalue weighted by Crippen LogP contribution is 2.37. The van der Waals surface area contributed by atoms with Crippen LogP contribution in [0.4, 0.5) is 0 Å². The van der Waals surface area contributed by atoms with Crippen LogP contribution in [0.2, 0.25) is 0 Å². The van der Waals surface area contributed by atoms with E-state index in [1.807, 2.05) is 0 Å². The van der Waals surface area contributed by atoms with Crippen LogP contribution >= 0.6 is 0 Å². The van der Waals surface area contributed by atoms with Crippen molar-refractivity contribution in [2.45, 2.75) is 78.1 Å². The summed E-state index contributed by atoms with van der Waals surface area (Å²) in [4.78, 5) is 0. The Bertz CT molecular complexity index is 1940. The lowest BCUT2D eigenvalue weighted by Crippen LogP contribution is -1.87. The second kappa shape index (κ2) is 13.9. The fourth-order valence-electron chi connectivity index (χ4n) is 7.30. The van der Waals surface area contributed by atoms with Crippen LogP contribution in [0.3, 0.4) is 0 Å². The van der Waals surface area contributed by atoms with Gasteiger partial charge in [0.1, 0.15) is 0 Å². The van der Waals surface area contributed by atoms with Gasteiger partial charge in [-0.25, -0.2) is 0 Å². The summed E-state index contributed by atoms with van der Waals surface area (Å²) in [6.45, 7) is 4.55. The predicted molar refractivity (Wildman–Crippen MR) is 203 cm³/mol. The summed E-state index contributed by atoms with van der Waals surface area (Å²) in [6.07, 6.45) is 12.9. The fourth-order valence-corrected chi connectivity index (χ4v) is 7.30. The van der Waals surface area contributed by atoms with Gasteiger partial charge in [-0.05, 0) is 114 Å². The molecule has 0 aliphatic heterocycles. The van der Waals surface area contributed by atoms with Crippen molar-refractivity contribution in [3.05, 3.63) is 132 Å². The minimum atomic E-state index is 1.18.